The molecule has 12 heavy (non-hydrogen) atoms. The third-order valence-electron chi connectivity index (χ3n) is 0.973. The standard InChI is InChI=1S/C6H8Cl2O4/c1-2-3-4(11-5(7)9)12-6(8)10/h4H,2-3H2,1H3. The van der Waals surface area contributed by atoms with Crippen LogP contribution >= 0.6 is 23.2 Å². The van der Waals surface area contributed by atoms with Gasteiger partial charge in [-0.05, 0) is 6.42 Å². The predicted molar refractivity (Wildman–Crippen MR) is 43.4 cm³/mol. The molecule has 0 atom stereocenters. The molecular weight excluding hydrogens is 207 g/mol. The van der Waals surface area contributed by atoms with E-state index in [9.17, 15) is 9.59 Å². The molecule has 0 N–H and O–H groups in total. The summed E-state index contributed by atoms with van der Waals surface area (Å²) < 4.78 is 8.80. The highest BCUT2D eigenvalue weighted by atomic mass is 35.5. The zero-order valence-electron chi connectivity index (χ0n) is 6.38. The summed E-state index contributed by atoms with van der Waals surface area (Å²) in [6, 6.07) is 0. The maximum Gasteiger partial charge on any atom is 0.406 e. The fraction of sp³-hybridized carbons (Fsp3) is 0.667. The van der Waals surface area contributed by atoms with Gasteiger partial charge in [0.2, 0.25) is 6.29 Å². The summed E-state index contributed by atoms with van der Waals surface area (Å²) in [5.41, 5.74) is -2.04. The first-order valence-electron chi connectivity index (χ1n) is 3.28. The van der Waals surface area contributed by atoms with Crippen molar-refractivity contribution in [3.05, 3.63) is 0 Å². The van der Waals surface area contributed by atoms with E-state index in [-0.39, 0.29) is 0 Å². The molecule has 0 rings (SSSR count). The topological polar surface area (TPSA) is 52.6 Å². The van der Waals surface area contributed by atoms with E-state index in [0.717, 1.165) is 0 Å². The van der Waals surface area contributed by atoms with Crippen LogP contribution < -0.4 is 0 Å². The van der Waals surface area contributed by atoms with Gasteiger partial charge in [0, 0.05) is 29.6 Å². The third kappa shape index (κ3) is 6.24. The molecule has 0 aliphatic rings. The minimum Gasteiger partial charge on any atom is -0.413 e. The van der Waals surface area contributed by atoms with Crippen LogP contribution in [0.25, 0.3) is 0 Å². The van der Waals surface area contributed by atoms with Gasteiger partial charge >= 0.3 is 10.9 Å². The van der Waals surface area contributed by atoms with E-state index >= 15 is 0 Å². The van der Waals surface area contributed by atoms with E-state index in [1.807, 2.05) is 6.92 Å². The number of halogens is 2. The first kappa shape index (κ1) is 11.5. The largest absolute Gasteiger partial charge is 0.413 e. The first-order chi connectivity index (χ1) is 5.56. The Morgan fingerprint density at radius 2 is 1.67 bits per heavy atom. The second-order valence-electron chi connectivity index (χ2n) is 1.93. The second kappa shape index (κ2) is 6.08. The van der Waals surface area contributed by atoms with Crippen molar-refractivity contribution in [2.24, 2.45) is 0 Å². The first-order valence-corrected chi connectivity index (χ1v) is 4.04. The Hall–Kier alpha value is -0.480. The van der Waals surface area contributed by atoms with E-state index < -0.39 is 17.1 Å². The molecule has 0 aromatic rings. The van der Waals surface area contributed by atoms with Crippen molar-refractivity contribution in [2.75, 3.05) is 0 Å². The van der Waals surface area contributed by atoms with E-state index in [1.54, 1.807) is 0 Å². The lowest BCUT2D eigenvalue weighted by molar-refractivity contribution is -0.0485. The zero-order valence-corrected chi connectivity index (χ0v) is 7.89. The average Bonchev–Trinajstić information content (AvgIpc) is 1.84. The van der Waals surface area contributed by atoms with Gasteiger partial charge in [-0.3, -0.25) is 0 Å². The minimum atomic E-state index is -1.02. The molecule has 0 saturated carbocycles. The average molecular weight is 215 g/mol. The van der Waals surface area contributed by atoms with Crippen LogP contribution in [0.2, 0.25) is 0 Å². The third-order valence-corrected chi connectivity index (χ3v) is 1.15. The quantitative estimate of drug-likeness (QED) is 0.534. The summed E-state index contributed by atoms with van der Waals surface area (Å²) in [4.78, 5) is 20.4. The van der Waals surface area contributed by atoms with Crippen molar-refractivity contribution in [3.63, 3.8) is 0 Å². The second-order valence-corrected chi connectivity index (χ2v) is 2.55. The van der Waals surface area contributed by atoms with Gasteiger partial charge in [0.05, 0.1) is 0 Å². The number of rotatable bonds is 4. The van der Waals surface area contributed by atoms with Crippen molar-refractivity contribution < 1.29 is 19.1 Å². The van der Waals surface area contributed by atoms with Crippen molar-refractivity contribution in [1.82, 2.24) is 0 Å². The van der Waals surface area contributed by atoms with Gasteiger partial charge in [0.1, 0.15) is 0 Å². The van der Waals surface area contributed by atoms with Crippen LogP contribution in [0.5, 0.6) is 0 Å². The van der Waals surface area contributed by atoms with Crippen LogP contribution in [-0.2, 0) is 9.47 Å². The minimum absolute atomic E-state index is 0.372. The summed E-state index contributed by atoms with van der Waals surface area (Å²) in [5.74, 6) is 0. The highest BCUT2D eigenvalue weighted by molar-refractivity contribution is 6.61. The summed E-state index contributed by atoms with van der Waals surface area (Å²) >= 11 is 9.79. The summed E-state index contributed by atoms with van der Waals surface area (Å²) in [5, 5.41) is 0. The lowest BCUT2D eigenvalue weighted by atomic mass is 10.3. The number of ether oxygens (including phenoxy) is 2. The van der Waals surface area contributed by atoms with Crippen LogP contribution in [0, 0.1) is 0 Å². The maximum absolute atomic E-state index is 10.2. The molecule has 0 spiro atoms. The Labute approximate surface area is 79.7 Å². The summed E-state index contributed by atoms with van der Waals surface area (Å²) in [6.07, 6.45) is 0.0700. The summed E-state index contributed by atoms with van der Waals surface area (Å²) in [6.45, 7) is 1.83. The van der Waals surface area contributed by atoms with E-state index in [4.69, 9.17) is 23.2 Å². The van der Waals surface area contributed by atoms with Crippen LogP contribution in [0.3, 0.4) is 0 Å². The lowest BCUT2D eigenvalue weighted by Gasteiger charge is -2.13. The number of carbonyl (C=O) groups is 2. The molecule has 0 heterocycles. The van der Waals surface area contributed by atoms with Crippen LogP contribution in [0.15, 0.2) is 0 Å². The van der Waals surface area contributed by atoms with Gasteiger partial charge < -0.3 is 9.47 Å². The smallest absolute Gasteiger partial charge is 0.406 e. The Balaban J connectivity index is 3.85. The highest BCUT2D eigenvalue weighted by Gasteiger charge is 2.15. The molecular formula is C6H8Cl2O4. The Kier molecular flexibility index (Phi) is 5.84. The van der Waals surface area contributed by atoms with Crippen molar-refractivity contribution in [2.45, 2.75) is 26.1 Å². The van der Waals surface area contributed by atoms with Crippen LogP contribution in [-0.4, -0.2) is 17.1 Å². The van der Waals surface area contributed by atoms with E-state index in [2.05, 4.69) is 9.47 Å². The summed E-state index contributed by atoms with van der Waals surface area (Å²) in [7, 11) is 0. The molecule has 4 nitrogen and oxygen atoms in total. The molecule has 0 aliphatic heterocycles. The van der Waals surface area contributed by atoms with Gasteiger partial charge in [-0.1, -0.05) is 6.92 Å². The maximum atomic E-state index is 10.2. The van der Waals surface area contributed by atoms with Gasteiger partial charge in [-0.15, -0.1) is 0 Å². The molecule has 0 aromatic carbocycles. The number of hydrogen-bond acceptors (Lipinski definition) is 4. The SMILES string of the molecule is CCCC(OC(=O)Cl)OC(=O)Cl. The molecule has 0 unspecified atom stereocenters. The van der Waals surface area contributed by atoms with E-state index in [0.29, 0.717) is 12.8 Å². The molecule has 0 aromatic heterocycles. The van der Waals surface area contributed by atoms with Crippen molar-refractivity contribution in [3.8, 4) is 0 Å². The van der Waals surface area contributed by atoms with Gasteiger partial charge in [-0.25, -0.2) is 9.59 Å². The Bertz CT molecular complexity index is 155. The fourth-order valence-corrected chi connectivity index (χ4v) is 0.783. The lowest BCUT2D eigenvalue weighted by Crippen LogP contribution is -2.19. The van der Waals surface area contributed by atoms with Gasteiger partial charge in [-0.2, -0.15) is 0 Å². The van der Waals surface area contributed by atoms with Crippen molar-refractivity contribution in [1.29, 1.82) is 0 Å². The fourth-order valence-electron chi connectivity index (χ4n) is 0.584. The molecule has 0 amide bonds. The molecule has 70 valence electrons. The normalized spacial score (nSPS) is 9.67. The van der Waals surface area contributed by atoms with E-state index in [1.165, 1.54) is 0 Å². The van der Waals surface area contributed by atoms with Crippen LogP contribution in [0.1, 0.15) is 19.8 Å². The van der Waals surface area contributed by atoms with Crippen molar-refractivity contribution >= 4 is 34.1 Å². The highest BCUT2D eigenvalue weighted by Crippen LogP contribution is 2.08. The molecule has 0 bridgehead atoms. The van der Waals surface area contributed by atoms with Crippen LogP contribution in [0.4, 0.5) is 9.59 Å². The zero-order chi connectivity index (χ0) is 9.56. The predicted octanol–water partition coefficient (Wildman–Crippen LogP) is 2.86. The Morgan fingerprint density at radius 3 is 1.92 bits per heavy atom. The number of hydrogen-bond donors (Lipinski definition) is 0. The van der Waals surface area contributed by atoms with Gasteiger partial charge in [0.15, 0.2) is 0 Å². The number of carbonyl (C=O) groups excluding carboxylic acids is 2. The monoisotopic (exact) mass is 214 g/mol. The molecule has 0 saturated heterocycles. The molecule has 0 aliphatic carbocycles. The molecule has 6 heteroatoms. The molecule has 0 fully saturated rings. The molecule has 0 radical (unpaired) electrons. The Morgan fingerprint density at radius 1 is 1.25 bits per heavy atom. The van der Waals surface area contributed by atoms with Gasteiger partial charge in [0.25, 0.3) is 0 Å².